The van der Waals surface area contributed by atoms with Gasteiger partial charge in [-0.3, -0.25) is 0 Å². The van der Waals surface area contributed by atoms with Crippen LogP contribution in [0.25, 0.3) is 0 Å². The molecule has 0 N–H and O–H groups in total. The molecule has 1 radical (unpaired) electrons. The molecule has 1 aromatic carbocycles. The number of amides is 1. The van der Waals surface area contributed by atoms with Gasteiger partial charge >= 0.3 is 0 Å². The summed E-state index contributed by atoms with van der Waals surface area (Å²) < 4.78 is 0. The molecule has 0 atom stereocenters. The molecule has 69 valence electrons. The fourth-order valence-electron chi connectivity index (χ4n) is 1.22. The first-order valence-electron chi connectivity index (χ1n) is 4.18. The van der Waals surface area contributed by atoms with Crippen LogP contribution in [0.3, 0.4) is 0 Å². The summed E-state index contributed by atoms with van der Waals surface area (Å²) in [6.07, 6.45) is 3.17. The molecule has 0 saturated heterocycles. The van der Waals surface area contributed by atoms with E-state index in [1.165, 1.54) is 4.90 Å². The number of nitrogens with zero attached hydrogens (tertiary/aromatic N) is 2. The van der Waals surface area contributed by atoms with Crippen LogP contribution in [-0.4, -0.2) is 18.8 Å². The van der Waals surface area contributed by atoms with Gasteiger partial charge in [0.15, 0.2) is 0 Å². The van der Waals surface area contributed by atoms with Crippen LogP contribution in [0.1, 0.15) is 6.42 Å². The summed E-state index contributed by atoms with van der Waals surface area (Å²) in [6.45, 7) is 0.558. The topological polar surface area (TPSA) is 32.7 Å². The van der Waals surface area contributed by atoms with Crippen LogP contribution in [0, 0.1) is 0 Å². The number of rotatable bonds is 1. The zero-order chi connectivity index (χ0) is 9.10. The van der Waals surface area contributed by atoms with E-state index in [9.17, 15) is 4.79 Å². The molecular formula is C10H9N2OY-. The normalized spacial score (nSPS) is 15.1. The maximum atomic E-state index is 11.4. The van der Waals surface area contributed by atoms with Gasteiger partial charge in [0.05, 0.1) is 0 Å². The Hall–Kier alpha value is -0.536. The summed E-state index contributed by atoms with van der Waals surface area (Å²) in [5.74, 6) is 0.0567. The SMILES string of the molecule is O=C1CCN=[C-]N1c1ccccc1.[Y]. The molecule has 0 saturated carbocycles. The molecule has 3 nitrogen and oxygen atoms in total. The summed E-state index contributed by atoms with van der Waals surface area (Å²) in [7, 11) is 0. The van der Waals surface area contributed by atoms with Crippen LogP contribution in [0.15, 0.2) is 35.3 Å². The van der Waals surface area contributed by atoms with Crippen molar-refractivity contribution in [3.8, 4) is 0 Å². The molecule has 2 rings (SSSR count). The number of anilines is 1. The van der Waals surface area contributed by atoms with E-state index in [0.29, 0.717) is 13.0 Å². The standard InChI is InChI=1S/C10H9N2O.Y/c13-10-6-7-11-8-12(10)9-4-2-1-3-5-9;/h1-5H,6-7H2;/q-1;. The number of aliphatic imine (C=N–C) groups is 1. The quantitative estimate of drug-likeness (QED) is 0.703. The van der Waals surface area contributed by atoms with Crippen LogP contribution >= 0.6 is 0 Å². The first kappa shape index (κ1) is 11.5. The molecule has 0 spiro atoms. The van der Waals surface area contributed by atoms with E-state index in [1.54, 1.807) is 0 Å². The third kappa shape index (κ3) is 2.49. The van der Waals surface area contributed by atoms with Crippen molar-refractivity contribution < 1.29 is 37.5 Å². The van der Waals surface area contributed by atoms with Gasteiger partial charge in [0.1, 0.15) is 5.91 Å². The summed E-state index contributed by atoms with van der Waals surface area (Å²) >= 11 is 0. The van der Waals surface area contributed by atoms with Gasteiger partial charge < -0.3 is 14.7 Å². The van der Waals surface area contributed by atoms with Crippen molar-refractivity contribution >= 4 is 17.9 Å². The van der Waals surface area contributed by atoms with Crippen molar-refractivity contribution in [1.29, 1.82) is 0 Å². The molecule has 4 heteroatoms. The molecule has 0 aliphatic carbocycles. The van der Waals surface area contributed by atoms with Crippen LogP contribution in [0.4, 0.5) is 5.69 Å². The predicted octanol–water partition coefficient (Wildman–Crippen LogP) is 1.33. The minimum Gasteiger partial charge on any atom is -0.433 e. The summed E-state index contributed by atoms with van der Waals surface area (Å²) in [4.78, 5) is 16.8. The first-order valence-corrected chi connectivity index (χ1v) is 4.18. The fraction of sp³-hybridized carbons (Fsp3) is 0.200. The second-order valence-corrected chi connectivity index (χ2v) is 2.80. The molecule has 1 aliphatic rings. The van der Waals surface area contributed by atoms with E-state index in [0.717, 1.165) is 5.69 Å². The maximum absolute atomic E-state index is 11.4. The average Bonchev–Trinajstić information content (AvgIpc) is 2.20. The Labute approximate surface area is 108 Å². The van der Waals surface area contributed by atoms with E-state index in [1.807, 2.05) is 30.3 Å². The van der Waals surface area contributed by atoms with E-state index in [2.05, 4.69) is 11.3 Å². The molecule has 0 fully saturated rings. The Kier molecular flexibility index (Phi) is 4.43. The summed E-state index contributed by atoms with van der Waals surface area (Å²) in [5, 5.41) is 0. The van der Waals surface area contributed by atoms with Crippen molar-refractivity contribution in [2.75, 3.05) is 11.4 Å². The summed E-state index contributed by atoms with van der Waals surface area (Å²) in [5.41, 5.74) is 0.830. The van der Waals surface area contributed by atoms with E-state index in [-0.39, 0.29) is 38.6 Å². The van der Waals surface area contributed by atoms with E-state index < -0.39 is 0 Å². The predicted molar refractivity (Wildman–Crippen MR) is 50.8 cm³/mol. The van der Waals surface area contributed by atoms with Crippen LogP contribution in [-0.2, 0) is 37.5 Å². The zero-order valence-electron chi connectivity index (χ0n) is 7.68. The first-order chi connectivity index (χ1) is 6.38. The van der Waals surface area contributed by atoms with Gasteiger partial charge in [-0.05, 0) is 6.42 Å². The number of carbonyl (C=O) groups is 1. The van der Waals surface area contributed by atoms with Crippen molar-refractivity contribution in [2.24, 2.45) is 4.99 Å². The Morgan fingerprint density at radius 2 is 2.00 bits per heavy atom. The minimum atomic E-state index is 0. The molecule has 14 heavy (non-hydrogen) atoms. The van der Waals surface area contributed by atoms with Crippen LogP contribution in [0.5, 0.6) is 0 Å². The van der Waals surface area contributed by atoms with Crippen LogP contribution in [0.2, 0.25) is 0 Å². The Morgan fingerprint density at radius 3 is 2.64 bits per heavy atom. The van der Waals surface area contributed by atoms with Crippen molar-refractivity contribution in [3.63, 3.8) is 0 Å². The third-order valence-electron chi connectivity index (χ3n) is 1.87. The third-order valence-corrected chi connectivity index (χ3v) is 1.87. The van der Waals surface area contributed by atoms with Crippen molar-refractivity contribution in [3.05, 3.63) is 30.3 Å². The van der Waals surface area contributed by atoms with Gasteiger partial charge in [-0.1, -0.05) is 36.0 Å². The number of carbonyl (C=O) groups excluding carboxylic acids is 1. The monoisotopic (exact) mass is 262 g/mol. The Bertz CT molecular complexity index is 337. The van der Waals surface area contributed by atoms with Gasteiger partial charge in [-0.25, -0.2) is 0 Å². The fourth-order valence-corrected chi connectivity index (χ4v) is 1.22. The van der Waals surface area contributed by atoms with E-state index >= 15 is 0 Å². The minimum absolute atomic E-state index is 0. The Morgan fingerprint density at radius 1 is 1.29 bits per heavy atom. The van der Waals surface area contributed by atoms with E-state index in [4.69, 9.17) is 0 Å². The number of hydrogen-bond acceptors (Lipinski definition) is 2. The van der Waals surface area contributed by atoms with Crippen LogP contribution < -0.4 is 4.90 Å². The van der Waals surface area contributed by atoms with Gasteiger partial charge in [0, 0.05) is 45.6 Å². The molecule has 1 heterocycles. The Balaban J connectivity index is 0.000000980. The molecule has 0 aromatic heterocycles. The average molecular weight is 262 g/mol. The molecular weight excluding hydrogens is 253 g/mol. The molecule has 1 aliphatic heterocycles. The second kappa shape index (κ2) is 5.37. The second-order valence-electron chi connectivity index (χ2n) is 2.80. The largest absolute Gasteiger partial charge is 0.433 e. The van der Waals surface area contributed by atoms with Crippen molar-refractivity contribution in [2.45, 2.75) is 6.42 Å². The molecule has 1 aromatic rings. The molecule has 1 amide bonds. The van der Waals surface area contributed by atoms with Gasteiger partial charge in [-0.15, -0.1) is 0 Å². The number of para-hydroxylation sites is 1. The number of benzene rings is 1. The molecule has 0 unspecified atom stereocenters. The van der Waals surface area contributed by atoms with Crippen molar-refractivity contribution in [1.82, 2.24) is 0 Å². The van der Waals surface area contributed by atoms with Gasteiger partial charge in [0.2, 0.25) is 0 Å². The smallest absolute Gasteiger partial charge is 0.121 e. The maximum Gasteiger partial charge on any atom is 0.121 e. The zero-order valence-corrected chi connectivity index (χ0v) is 10.5. The molecule has 0 bridgehead atoms. The van der Waals surface area contributed by atoms with Gasteiger partial charge in [0.25, 0.3) is 0 Å². The van der Waals surface area contributed by atoms with Gasteiger partial charge in [-0.2, -0.15) is 0 Å². The summed E-state index contributed by atoms with van der Waals surface area (Å²) in [6, 6.07) is 9.42. The number of hydrogen-bond donors (Lipinski definition) is 0.